The van der Waals surface area contributed by atoms with Gasteiger partial charge in [0.15, 0.2) is 0 Å². The van der Waals surface area contributed by atoms with Crippen LogP contribution >= 0.6 is 0 Å². The third-order valence-corrected chi connectivity index (χ3v) is 2.54. The fraction of sp³-hybridized carbons (Fsp3) is 0.417. The summed E-state index contributed by atoms with van der Waals surface area (Å²) in [7, 11) is 0. The molecule has 6 nitrogen and oxygen atoms in total. The lowest BCUT2D eigenvalue weighted by atomic mass is 10.1. The normalized spacial score (nSPS) is 10.3. The molecule has 0 saturated carbocycles. The second kappa shape index (κ2) is 6.79. The Bertz CT molecular complexity index is 473. The number of hydrogen-bond acceptors (Lipinski definition) is 4. The van der Waals surface area contributed by atoms with E-state index < -0.39 is 22.3 Å². The van der Waals surface area contributed by atoms with Gasteiger partial charge in [-0.05, 0) is 18.6 Å². The van der Waals surface area contributed by atoms with Crippen LogP contribution in [-0.2, 0) is 0 Å². The topological polar surface area (TPSA) is 83.7 Å². The maximum atomic E-state index is 13.0. The monoisotopic (exact) mass is 270 g/mol. The molecule has 0 saturated heterocycles. The van der Waals surface area contributed by atoms with E-state index in [2.05, 4.69) is 0 Å². The second-order valence-corrected chi connectivity index (χ2v) is 3.93. The molecule has 7 heteroatoms. The zero-order chi connectivity index (χ0) is 14.4. The number of carbonyl (C=O) groups is 1. The Kier molecular flexibility index (Phi) is 5.37. The highest BCUT2D eigenvalue weighted by atomic mass is 19.1. The van der Waals surface area contributed by atoms with E-state index in [0.717, 1.165) is 18.2 Å². The standard InChI is InChI=1S/C12H15FN2O4/c1-2-5-14(6-7-16)12(17)10-4-3-9(13)8-11(10)15(18)19/h3-4,8,16H,2,5-7H2,1H3. The largest absolute Gasteiger partial charge is 0.395 e. The van der Waals surface area contributed by atoms with Gasteiger partial charge in [-0.15, -0.1) is 0 Å². The van der Waals surface area contributed by atoms with Crippen LogP contribution in [0, 0.1) is 15.9 Å². The summed E-state index contributed by atoms with van der Waals surface area (Å²) in [5.74, 6) is -1.35. The molecule has 0 atom stereocenters. The lowest BCUT2D eigenvalue weighted by molar-refractivity contribution is -0.385. The van der Waals surface area contributed by atoms with E-state index in [0.29, 0.717) is 13.0 Å². The zero-order valence-corrected chi connectivity index (χ0v) is 10.5. The van der Waals surface area contributed by atoms with E-state index in [4.69, 9.17) is 5.11 Å². The van der Waals surface area contributed by atoms with Crippen LogP contribution < -0.4 is 0 Å². The Labute approximate surface area is 109 Å². The number of aliphatic hydroxyl groups is 1. The van der Waals surface area contributed by atoms with Crippen molar-refractivity contribution >= 4 is 11.6 Å². The molecule has 19 heavy (non-hydrogen) atoms. The molecule has 0 spiro atoms. The van der Waals surface area contributed by atoms with Crippen LogP contribution in [0.3, 0.4) is 0 Å². The summed E-state index contributed by atoms with van der Waals surface area (Å²) in [4.78, 5) is 23.5. The van der Waals surface area contributed by atoms with Crippen molar-refractivity contribution in [1.29, 1.82) is 0 Å². The van der Waals surface area contributed by atoms with Gasteiger partial charge in [-0.1, -0.05) is 6.92 Å². The van der Waals surface area contributed by atoms with E-state index >= 15 is 0 Å². The van der Waals surface area contributed by atoms with Crippen LogP contribution in [0.5, 0.6) is 0 Å². The van der Waals surface area contributed by atoms with Crippen LogP contribution in [-0.4, -0.2) is 40.5 Å². The van der Waals surface area contributed by atoms with Gasteiger partial charge in [0.25, 0.3) is 11.6 Å². The fourth-order valence-corrected chi connectivity index (χ4v) is 1.71. The van der Waals surface area contributed by atoms with Gasteiger partial charge in [0.1, 0.15) is 11.4 Å². The Balaban J connectivity index is 3.13. The molecule has 0 aromatic heterocycles. The minimum atomic E-state index is -0.792. The van der Waals surface area contributed by atoms with E-state index in [1.54, 1.807) is 0 Å². The number of aliphatic hydroxyl groups excluding tert-OH is 1. The van der Waals surface area contributed by atoms with Crippen molar-refractivity contribution in [3.63, 3.8) is 0 Å². The van der Waals surface area contributed by atoms with Crippen molar-refractivity contribution in [2.24, 2.45) is 0 Å². The molecule has 0 bridgehead atoms. The third-order valence-electron chi connectivity index (χ3n) is 2.54. The van der Waals surface area contributed by atoms with E-state index in [9.17, 15) is 19.3 Å². The van der Waals surface area contributed by atoms with Crippen LogP contribution in [0.2, 0.25) is 0 Å². The summed E-state index contributed by atoms with van der Waals surface area (Å²) >= 11 is 0. The Morgan fingerprint density at radius 1 is 1.47 bits per heavy atom. The van der Waals surface area contributed by atoms with E-state index in [-0.39, 0.29) is 18.7 Å². The average molecular weight is 270 g/mol. The van der Waals surface area contributed by atoms with E-state index in [1.807, 2.05) is 6.92 Å². The van der Waals surface area contributed by atoms with Crippen molar-refractivity contribution in [2.45, 2.75) is 13.3 Å². The van der Waals surface area contributed by atoms with Gasteiger partial charge in [0.05, 0.1) is 17.6 Å². The van der Waals surface area contributed by atoms with Crippen molar-refractivity contribution in [2.75, 3.05) is 19.7 Å². The van der Waals surface area contributed by atoms with Gasteiger partial charge in [0.2, 0.25) is 0 Å². The molecule has 0 heterocycles. The lowest BCUT2D eigenvalue weighted by Crippen LogP contribution is -2.34. The first-order chi connectivity index (χ1) is 9.01. The number of nitro groups is 1. The van der Waals surface area contributed by atoms with Crippen molar-refractivity contribution in [1.82, 2.24) is 4.90 Å². The number of nitro benzene ring substituents is 1. The smallest absolute Gasteiger partial charge is 0.285 e. The summed E-state index contributed by atoms with van der Waals surface area (Å²) in [5.41, 5.74) is -0.739. The third kappa shape index (κ3) is 3.72. The molecule has 0 aliphatic heterocycles. The zero-order valence-electron chi connectivity index (χ0n) is 10.5. The van der Waals surface area contributed by atoms with Crippen molar-refractivity contribution in [3.8, 4) is 0 Å². The average Bonchev–Trinajstić information content (AvgIpc) is 2.37. The molecule has 1 aromatic carbocycles. The summed E-state index contributed by atoms with van der Waals surface area (Å²) in [6, 6.07) is 2.81. The summed E-state index contributed by atoms with van der Waals surface area (Å²) in [6.07, 6.45) is 0.654. The minimum Gasteiger partial charge on any atom is -0.395 e. The molecule has 1 amide bonds. The number of hydrogen-bond donors (Lipinski definition) is 1. The van der Waals surface area contributed by atoms with Gasteiger partial charge in [0, 0.05) is 13.1 Å². The molecule has 0 aliphatic rings. The van der Waals surface area contributed by atoms with E-state index in [1.165, 1.54) is 4.90 Å². The van der Waals surface area contributed by atoms with Crippen LogP contribution in [0.1, 0.15) is 23.7 Å². The quantitative estimate of drug-likeness (QED) is 0.628. The number of carbonyl (C=O) groups excluding carboxylic acids is 1. The predicted octanol–water partition coefficient (Wildman–Crippen LogP) is 1.58. The summed E-state index contributed by atoms with van der Waals surface area (Å²) < 4.78 is 13.0. The second-order valence-electron chi connectivity index (χ2n) is 3.93. The molecule has 0 aliphatic carbocycles. The van der Waals surface area contributed by atoms with Crippen LogP contribution in [0.25, 0.3) is 0 Å². The first-order valence-electron chi connectivity index (χ1n) is 5.85. The number of rotatable bonds is 6. The first kappa shape index (κ1) is 15.0. The van der Waals surface area contributed by atoms with Gasteiger partial charge in [-0.2, -0.15) is 0 Å². The van der Waals surface area contributed by atoms with Crippen LogP contribution in [0.4, 0.5) is 10.1 Å². The minimum absolute atomic E-state index is 0.0845. The molecule has 0 radical (unpaired) electrons. The van der Waals surface area contributed by atoms with Gasteiger partial charge >= 0.3 is 0 Å². The molecule has 1 aromatic rings. The SMILES string of the molecule is CCCN(CCO)C(=O)c1ccc(F)cc1[N+](=O)[O-]. The predicted molar refractivity (Wildman–Crippen MR) is 66.3 cm³/mol. The first-order valence-corrected chi connectivity index (χ1v) is 5.85. The van der Waals surface area contributed by atoms with Crippen LogP contribution in [0.15, 0.2) is 18.2 Å². The Morgan fingerprint density at radius 2 is 2.16 bits per heavy atom. The number of benzene rings is 1. The lowest BCUT2D eigenvalue weighted by Gasteiger charge is -2.20. The fourth-order valence-electron chi connectivity index (χ4n) is 1.71. The molecular weight excluding hydrogens is 255 g/mol. The summed E-state index contributed by atoms with van der Waals surface area (Å²) in [5, 5.41) is 19.7. The maximum Gasteiger partial charge on any atom is 0.285 e. The highest BCUT2D eigenvalue weighted by Gasteiger charge is 2.24. The molecule has 1 N–H and O–H groups in total. The molecular formula is C12H15FN2O4. The van der Waals surface area contributed by atoms with Gasteiger partial charge in [-0.25, -0.2) is 4.39 Å². The van der Waals surface area contributed by atoms with Gasteiger partial charge in [-0.3, -0.25) is 14.9 Å². The highest BCUT2D eigenvalue weighted by Crippen LogP contribution is 2.21. The van der Waals surface area contributed by atoms with Crippen molar-refractivity contribution in [3.05, 3.63) is 39.7 Å². The number of halogens is 1. The molecule has 1 rings (SSSR count). The van der Waals surface area contributed by atoms with Gasteiger partial charge < -0.3 is 10.0 Å². The Hall–Kier alpha value is -2.02. The number of nitrogens with zero attached hydrogens (tertiary/aromatic N) is 2. The Morgan fingerprint density at radius 3 is 2.68 bits per heavy atom. The maximum absolute atomic E-state index is 13.0. The molecule has 0 fully saturated rings. The molecule has 104 valence electrons. The summed E-state index contributed by atoms with van der Waals surface area (Å²) in [6.45, 7) is 2.06. The highest BCUT2D eigenvalue weighted by molar-refractivity contribution is 5.98. The number of amides is 1. The molecule has 0 unspecified atom stereocenters. The van der Waals surface area contributed by atoms with Crippen molar-refractivity contribution < 1.29 is 19.2 Å².